The number of nitrogens with two attached hydrogens (primary N) is 1. The summed E-state index contributed by atoms with van der Waals surface area (Å²) in [5, 5.41) is 5.89. The highest BCUT2D eigenvalue weighted by Crippen LogP contribution is 1.97. The van der Waals surface area contributed by atoms with Gasteiger partial charge in [0.05, 0.1) is 0 Å². The molecule has 0 spiro atoms. The Labute approximate surface area is 83.0 Å². The number of allylic oxidation sites excluding steroid dienone is 1. The molecule has 0 fully saturated rings. The van der Waals surface area contributed by atoms with Crippen molar-refractivity contribution < 1.29 is 0 Å². The highest BCUT2D eigenvalue weighted by Gasteiger charge is 2.06. The maximum atomic E-state index is 5.55. The van der Waals surface area contributed by atoms with Crippen molar-refractivity contribution in [2.45, 2.75) is 6.29 Å². The fraction of sp³-hybridized carbons (Fsp3) is 0.0909. The molecule has 0 aromatic heterocycles. The normalized spacial score (nSPS) is 18.6. The first kappa shape index (κ1) is 8.67. The zero-order chi connectivity index (χ0) is 9.80. The molecule has 1 aromatic rings. The van der Waals surface area contributed by atoms with E-state index >= 15 is 0 Å². The zero-order valence-electron chi connectivity index (χ0n) is 7.62. The summed E-state index contributed by atoms with van der Waals surface area (Å²) in [6.07, 6.45) is 1.57. The van der Waals surface area contributed by atoms with Gasteiger partial charge in [0.25, 0.3) is 0 Å². The maximum Gasteiger partial charge on any atom is 0.150 e. The van der Waals surface area contributed by atoms with Crippen LogP contribution in [0.4, 0.5) is 0 Å². The molecule has 1 heterocycles. The second kappa shape index (κ2) is 3.86. The predicted octanol–water partition coefficient (Wildman–Crippen LogP) is 0.315. The van der Waals surface area contributed by atoms with Crippen LogP contribution in [0.1, 0.15) is 5.56 Å². The third kappa shape index (κ3) is 2.06. The molecule has 0 bridgehead atoms. The lowest BCUT2D eigenvalue weighted by molar-refractivity contribution is 0.590. The van der Waals surface area contributed by atoms with Gasteiger partial charge >= 0.3 is 0 Å². The topological polar surface area (TPSA) is 50.1 Å². The Morgan fingerprint density at radius 2 is 1.93 bits per heavy atom. The van der Waals surface area contributed by atoms with Crippen LogP contribution in [0.5, 0.6) is 0 Å². The highest BCUT2D eigenvalue weighted by atomic mass is 15.3. The fourth-order valence-corrected chi connectivity index (χ4v) is 1.16. The van der Waals surface area contributed by atoms with Gasteiger partial charge in [-0.15, -0.1) is 0 Å². The second-order valence-electron chi connectivity index (χ2n) is 2.96. The van der Waals surface area contributed by atoms with Crippen LogP contribution in [0.2, 0.25) is 0 Å². The summed E-state index contributed by atoms with van der Waals surface area (Å²) in [5.74, 6) is 6.02. The lowest BCUT2D eigenvalue weighted by atomic mass is 10.2. The van der Waals surface area contributed by atoms with E-state index in [1.165, 1.54) is 0 Å². The molecule has 0 aliphatic carbocycles. The van der Waals surface area contributed by atoms with E-state index in [0.29, 0.717) is 0 Å². The van der Waals surface area contributed by atoms with E-state index in [9.17, 15) is 0 Å². The molecule has 1 aliphatic heterocycles. The molecule has 70 valence electrons. The Kier molecular flexibility index (Phi) is 2.39. The second-order valence-corrected chi connectivity index (χ2v) is 2.96. The van der Waals surface area contributed by atoms with Crippen molar-refractivity contribution in [2.75, 3.05) is 0 Å². The van der Waals surface area contributed by atoms with Crippen LogP contribution in [-0.2, 0) is 0 Å². The third-order valence-corrected chi connectivity index (χ3v) is 1.83. The first-order valence-corrected chi connectivity index (χ1v) is 4.40. The molecule has 1 atom stereocenters. The average molecular weight is 185 g/mol. The Hall–Kier alpha value is -1.92. The molecule has 1 aromatic carbocycles. The molecule has 4 N–H and O–H groups in total. The lowest BCUT2D eigenvalue weighted by Crippen LogP contribution is -2.40. The molecule has 0 saturated carbocycles. The minimum atomic E-state index is -0.213. The molecule has 1 aliphatic rings. The van der Waals surface area contributed by atoms with Crippen molar-refractivity contribution in [1.29, 1.82) is 0 Å². The first-order chi connectivity index (χ1) is 6.84. The molecular formula is C11H11N3. The molecule has 0 amide bonds. The summed E-state index contributed by atoms with van der Waals surface area (Å²) in [5.41, 5.74) is 7.37. The molecule has 3 nitrogen and oxygen atoms in total. The van der Waals surface area contributed by atoms with Crippen molar-refractivity contribution in [2.24, 2.45) is 5.73 Å². The van der Waals surface area contributed by atoms with Crippen LogP contribution in [0, 0.1) is 11.8 Å². The van der Waals surface area contributed by atoms with Gasteiger partial charge in [-0.25, -0.2) is 0 Å². The van der Waals surface area contributed by atoms with E-state index in [0.717, 1.165) is 11.3 Å². The largest absolute Gasteiger partial charge is 0.357 e. The van der Waals surface area contributed by atoms with Gasteiger partial charge in [-0.3, -0.25) is 5.73 Å². The number of rotatable bonds is 0. The van der Waals surface area contributed by atoms with Crippen LogP contribution in [0.25, 0.3) is 0 Å². The minimum absolute atomic E-state index is 0.213. The third-order valence-electron chi connectivity index (χ3n) is 1.83. The van der Waals surface area contributed by atoms with Gasteiger partial charge in [-0.1, -0.05) is 24.1 Å². The number of benzene rings is 1. The van der Waals surface area contributed by atoms with Gasteiger partial charge < -0.3 is 10.6 Å². The van der Waals surface area contributed by atoms with Gasteiger partial charge in [-0.2, -0.15) is 0 Å². The number of hydrogen-bond acceptors (Lipinski definition) is 3. The molecule has 2 rings (SSSR count). The van der Waals surface area contributed by atoms with Crippen LogP contribution in [0.15, 0.2) is 42.2 Å². The molecule has 3 heteroatoms. The van der Waals surface area contributed by atoms with Gasteiger partial charge in [0, 0.05) is 11.8 Å². The van der Waals surface area contributed by atoms with Crippen LogP contribution in [-0.4, -0.2) is 6.29 Å². The van der Waals surface area contributed by atoms with Crippen molar-refractivity contribution in [1.82, 2.24) is 10.6 Å². The van der Waals surface area contributed by atoms with Gasteiger partial charge in [0.2, 0.25) is 0 Å². The molecule has 0 radical (unpaired) electrons. The van der Waals surface area contributed by atoms with E-state index in [-0.39, 0.29) is 6.29 Å². The van der Waals surface area contributed by atoms with E-state index in [4.69, 9.17) is 5.73 Å². The molecular weight excluding hydrogens is 174 g/mol. The number of nitrogens with one attached hydrogen (secondary N) is 2. The van der Waals surface area contributed by atoms with Crippen molar-refractivity contribution in [3.05, 3.63) is 47.8 Å². The monoisotopic (exact) mass is 185 g/mol. The van der Waals surface area contributed by atoms with Crippen LogP contribution in [0.3, 0.4) is 0 Å². The van der Waals surface area contributed by atoms with E-state index in [2.05, 4.69) is 22.5 Å². The average Bonchev–Trinajstić information content (AvgIpc) is 2.63. The number of hydrogen-bond donors (Lipinski definition) is 3. The fourth-order valence-electron chi connectivity index (χ4n) is 1.16. The zero-order valence-corrected chi connectivity index (χ0v) is 7.62. The Bertz CT molecular complexity index is 398. The minimum Gasteiger partial charge on any atom is -0.357 e. The summed E-state index contributed by atoms with van der Waals surface area (Å²) in [6, 6.07) is 9.83. The van der Waals surface area contributed by atoms with Crippen LogP contribution >= 0.6 is 0 Å². The van der Waals surface area contributed by atoms with E-state index < -0.39 is 0 Å². The molecule has 0 saturated heterocycles. The van der Waals surface area contributed by atoms with Crippen LogP contribution < -0.4 is 16.4 Å². The molecule has 14 heavy (non-hydrogen) atoms. The van der Waals surface area contributed by atoms with Crippen molar-refractivity contribution in [3.8, 4) is 11.8 Å². The van der Waals surface area contributed by atoms with Crippen molar-refractivity contribution >= 4 is 0 Å². The SMILES string of the molecule is NC1NC=C(C#Cc2ccccc2)N1. The van der Waals surface area contributed by atoms with Crippen molar-refractivity contribution in [3.63, 3.8) is 0 Å². The van der Waals surface area contributed by atoms with Gasteiger partial charge in [0.15, 0.2) is 6.29 Å². The standard InChI is InChI=1S/C11H11N3/c12-11-13-8-10(14-11)7-6-9-4-2-1-3-5-9/h1-5,8,11,13-14H,12H2. The predicted molar refractivity (Wildman–Crippen MR) is 55.6 cm³/mol. The summed E-state index contributed by atoms with van der Waals surface area (Å²) in [7, 11) is 0. The lowest BCUT2D eigenvalue weighted by Gasteiger charge is -2.02. The Morgan fingerprint density at radius 3 is 2.57 bits per heavy atom. The quantitative estimate of drug-likeness (QED) is 0.510. The smallest absolute Gasteiger partial charge is 0.150 e. The van der Waals surface area contributed by atoms with E-state index in [1.54, 1.807) is 6.20 Å². The summed E-state index contributed by atoms with van der Waals surface area (Å²) < 4.78 is 0. The van der Waals surface area contributed by atoms with Gasteiger partial charge in [-0.05, 0) is 18.1 Å². The Morgan fingerprint density at radius 1 is 1.14 bits per heavy atom. The van der Waals surface area contributed by atoms with Gasteiger partial charge in [0.1, 0.15) is 5.70 Å². The highest BCUT2D eigenvalue weighted by molar-refractivity contribution is 5.40. The molecule has 1 unspecified atom stereocenters. The first-order valence-electron chi connectivity index (χ1n) is 4.40. The maximum absolute atomic E-state index is 5.55. The van der Waals surface area contributed by atoms with E-state index in [1.807, 2.05) is 30.3 Å². The summed E-state index contributed by atoms with van der Waals surface area (Å²) in [6.45, 7) is 0. The Balaban J connectivity index is 2.08. The summed E-state index contributed by atoms with van der Waals surface area (Å²) in [4.78, 5) is 0. The summed E-state index contributed by atoms with van der Waals surface area (Å²) >= 11 is 0.